The number of hydrogen-bond donors (Lipinski definition) is 0. The second kappa shape index (κ2) is 15.5. The Hall–Kier alpha value is -4.07. The summed E-state index contributed by atoms with van der Waals surface area (Å²) in [5.74, 6) is 0. The molecule has 8 radical (unpaired) electrons. The zero-order valence-electron chi connectivity index (χ0n) is 28.5. The SMILES string of the molecule is c1ccc2[c](c1)[Ge][c]1ccccc1-2.c1ccc2[c](c1)[Ge][c]1ccccc1-2.c1ccc2[c](c1)[Ge][c]1ccccc1-2.c1ccc2[c](c1)[Ge][c]1ccccc1-2. The van der Waals surface area contributed by atoms with E-state index in [0.29, 0.717) is 0 Å². The van der Waals surface area contributed by atoms with Crippen LogP contribution in [0, 0.1) is 0 Å². The van der Waals surface area contributed by atoms with Gasteiger partial charge in [-0.2, -0.15) is 0 Å². The van der Waals surface area contributed by atoms with Crippen LogP contribution in [0.3, 0.4) is 0 Å². The summed E-state index contributed by atoms with van der Waals surface area (Å²) < 4.78 is 12.7. The average molecular weight is 899 g/mol. The van der Waals surface area contributed by atoms with Crippen molar-refractivity contribution in [3.8, 4) is 44.5 Å². The molecule has 4 heterocycles. The minimum atomic E-state index is -0.0337. The maximum absolute atomic E-state index is 2.27. The molecule has 0 aliphatic carbocycles. The van der Waals surface area contributed by atoms with Gasteiger partial charge in [-0.05, 0) is 0 Å². The molecule has 4 aliphatic heterocycles. The Kier molecular flexibility index (Phi) is 10.1. The fourth-order valence-electron chi connectivity index (χ4n) is 7.20. The molecule has 0 aromatic heterocycles. The van der Waals surface area contributed by atoms with E-state index in [9.17, 15) is 0 Å². The Morgan fingerprint density at radius 2 is 0.269 bits per heavy atom. The second-order valence-electron chi connectivity index (χ2n) is 12.9. The molecule has 8 aromatic rings. The topological polar surface area (TPSA) is 0 Å². The molecule has 4 heteroatoms. The summed E-state index contributed by atoms with van der Waals surface area (Å²) in [6, 6.07) is 70.3. The van der Waals surface area contributed by atoms with Gasteiger partial charge in [-0.25, -0.2) is 0 Å². The van der Waals surface area contributed by atoms with E-state index in [0.717, 1.165) is 0 Å². The quantitative estimate of drug-likeness (QED) is 0.182. The van der Waals surface area contributed by atoms with Crippen molar-refractivity contribution >= 4 is 96.9 Å². The van der Waals surface area contributed by atoms with Crippen LogP contribution in [0.1, 0.15) is 0 Å². The normalized spacial score (nSPS) is 12.3. The number of rotatable bonds is 0. The third-order valence-electron chi connectivity index (χ3n) is 9.65. The van der Waals surface area contributed by atoms with E-state index in [1.807, 2.05) is 0 Å². The summed E-state index contributed by atoms with van der Waals surface area (Å²) in [7, 11) is 0. The maximum atomic E-state index is 2.27. The van der Waals surface area contributed by atoms with Gasteiger partial charge in [-0.1, -0.05) is 0 Å². The molecule has 0 N–H and O–H groups in total. The average Bonchev–Trinajstić information content (AvgIpc) is 3.98. The summed E-state index contributed by atoms with van der Waals surface area (Å²) in [5, 5.41) is 0. The van der Waals surface area contributed by atoms with Crippen LogP contribution in [0.5, 0.6) is 0 Å². The van der Waals surface area contributed by atoms with Crippen LogP contribution in [-0.2, 0) is 0 Å². The number of fused-ring (bicyclic) bond motifs is 12. The zero-order chi connectivity index (χ0) is 34.7. The van der Waals surface area contributed by atoms with Crippen LogP contribution in [-0.4, -0.2) is 61.7 Å². The summed E-state index contributed by atoms with van der Waals surface area (Å²) in [4.78, 5) is 0. The van der Waals surface area contributed by atoms with Gasteiger partial charge in [0.05, 0.1) is 0 Å². The van der Waals surface area contributed by atoms with Crippen molar-refractivity contribution in [2.45, 2.75) is 0 Å². The minimum absolute atomic E-state index is 0.0337. The summed E-state index contributed by atoms with van der Waals surface area (Å²) in [6.45, 7) is 0. The molecule has 0 saturated heterocycles. The monoisotopic (exact) mass is 904 g/mol. The standard InChI is InChI=1S/4C12H8Ge/c4*1-3-7-11-9(5-1)10-6-2-4-8-12(10)13-11/h4*1-8H. The van der Waals surface area contributed by atoms with E-state index in [1.165, 1.54) is 44.5 Å². The Morgan fingerprint density at radius 1 is 0.154 bits per heavy atom. The molecular formula is C48H32Ge4. The van der Waals surface area contributed by atoms with E-state index in [-0.39, 0.29) is 61.7 Å². The van der Waals surface area contributed by atoms with E-state index >= 15 is 0 Å². The van der Waals surface area contributed by atoms with Crippen LogP contribution >= 0.6 is 0 Å². The summed E-state index contributed by atoms with van der Waals surface area (Å²) in [5.41, 5.74) is 11.8. The van der Waals surface area contributed by atoms with Gasteiger partial charge in [0.1, 0.15) is 0 Å². The first-order chi connectivity index (χ1) is 25.8. The molecule has 52 heavy (non-hydrogen) atoms. The number of hydrogen-bond acceptors (Lipinski definition) is 0. The zero-order valence-corrected chi connectivity index (χ0v) is 36.9. The van der Waals surface area contributed by atoms with Crippen molar-refractivity contribution in [3.63, 3.8) is 0 Å². The predicted octanol–water partition coefficient (Wildman–Crippen LogP) is 5.29. The Morgan fingerprint density at radius 3 is 0.404 bits per heavy atom. The third kappa shape index (κ3) is 6.90. The van der Waals surface area contributed by atoms with Gasteiger partial charge in [-0.3, -0.25) is 0 Å². The van der Waals surface area contributed by atoms with Gasteiger partial charge in [-0.15, -0.1) is 0 Å². The molecule has 0 saturated carbocycles. The van der Waals surface area contributed by atoms with Crippen LogP contribution in [0.25, 0.3) is 44.5 Å². The van der Waals surface area contributed by atoms with Gasteiger partial charge < -0.3 is 0 Å². The van der Waals surface area contributed by atoms with Crippen LogP contribution < -0.4 is 35.2 Å². The summed E-state index contributed by atoms with van der Waals surface area (Å²) in [6.07, 6.45) is 0. The van der Waals surface area contributed by atoms with Crippen molar-refractivity contribution in [2.24, 2.45) is 0 Å². The third-order valence-corrected chi connectivity index (χ3v) is 21.5. The van der Waals surface area contributed by atoms with E-state index < -0.39 is 0 Å². The van der Waals surface area contributed by atoms with Crippen LogP contribution in [0.15, 0.2) is 194 Å². The number of benzene rings is 8. The molecule has 0 spiro atoms. The fraction of sp³-hybridized carbons (Fsp3) is 0. The van der Waals surface area contributed by atoms with Crippen LogP contribution in [0.2, 0.25) is 0 Å². The van der Waals surface area contributed by atoms with Crippen molar-refractivity contribution in [1.29, 1.82) is 0 Å². The summed E-state index contributed by atoms with van der Waals surface area (Å²) >= 11 is -0.135. The molecule has 240 valence electrons. The molecule has 0 atom stereocenters. The molecule has 12 rings (SSSR count). The molecule has 0 bridgehead atoms. The molecule has 8 aromatic carbocycles. The second-order valence-corrected chi connectivity index (χ2v) is 24.0. The van der Waals surface area contributed by atoms with Crippen molar-refractivity contribution in [2.75, 3.05) is 0 Å². The van der Waals surface area contributed by atoms with Crippen molar-refractivity contribution in [1.82, 2.24) is 0 Å². The van der Waals surface area contributed by atoms with Gasteiger partial charge in [0.15, 0.2) is 0 Å². The van der Waals surface area contributed by atoms with E-state index in [4.69, 9.17) is 0 Å². The fourth-order valence-corrected chi connectivity index (χ4v) is 18.6. The van der Waals surface area contributed by atoms with E-state index in [1.54, 1.807) is 35.2 Å². The van der Waals surface area contributed by atoms with E-state index in [2.05, 4.69) is 194 Å². The first-order valence-corrected chi connectivity index (χ1v) is 26.0. The molecule has 0 amide bonds. The molecular weight excluding hydrogens is 867 g/mol. The molecule has 4 aliphatic rings. The van der Waals surface area contributed by atoms with Gasteiger partial charge in [0.2, 0.25) is 0 Å². The Labute approximate surface area is 332 Å². The molecule has 0 nitrogen and oxygen atoms in total. The first-order valence-electron chi connectivity index (χ1n) is 17.6. The first kappa shape index (κ1) is 33.7. The van der Waals surface area contributed by atoms with Crippen molar-refractivity contribution < 1.29 is 0 Å². The van der Waals surface area contributed by atoms with Gasteiger partial charge in [0, 0.05) is 0 Å². The predicted molar refractivity (Wildman–Crippen MR) is 228 cm³/mol. The molecule has 0 fully saturated rings. The Balaban J connectivity index is 0.0000000923. The van der Waals surface area contributed by atoms with Gasteiger partial charge >= 0.3 is 336 Å². The Bertz CT molecular complexity index is 2020. The van der Waals surface area contributed by atoms with Crippen LogP contribution in [0.4, 0.5) is 0 Å². The molecule has 0 unspecified atom stereocenters. The van der Waals surface area contributed by atoms with Crippen molar-refractivity contribution in [3.05, 3.63) is 194 Å². The van der Waals surface area contributed by atoms with Gasteiger partial charge in [0.25, 0.3) is 0 Å².